The Morgan fingerprint density at radius 1 is 0.560 bits per heavy atom. The topological polar surface area (TPSA) is 0 Å². The molecule has 0 spiro atoms. The molecule has 4 heteroatoms. The predicted molar refractivity (Wildman–Crippen MR) is 223 cm³/mol. The Morgan fingerprint density at radius 3 is 1.28 bits per heavy atom. The predicted octanol–water partition coefficient (Wildman–Crippen LogP) is 14.5. The molecular weight excluding hydrogens is 743 g/mol. The standard InChI is InChI=1S/2C22H25.C2H7Si.2ClH.Zr/c2*1-6-14(2)19-12-18-8-7-9-21(22(18)13-19)20-11-10-15(3)16(4)17(20)5;1-3-2;;;/h2*7-14H,6H2,1-5H3;3H,1-2H3;2*1H;/q;;;;;+2/p-2. The second kappa shape index (κ2) is 13.8. The number of benzene rings is 4. The van der Waals surface area contributed by atoms with E-state index in [0.717, 1.165) is 12.8 Å². The molecule has 0 radical (unpaired) electrons. The van der Waals surface area contributed by atoms with Crippen LogP contribution in [-0.4, -0.2) is 5.92 Å². The summed E-state index contributed by atoms with van der Waals surface area (Å²) in [5.41, 5.74) is 21.9. The summed E-state index contributed by atoms with van der Waals surface area (Å²) in [5.74, 6) is -0.912. The summed E-state index contributed by atoms with van der Waals surface area (Å²) in [7, 11) is 17.8. The number of hydrogen-bond acceptors (Lipinski definition) is 0. The van der Waals surface area contributed by atoms with E-state index in [1.165, 1.54) is 89.0 Å². The van der Waals surface area contributed by atoms with E-state index in [2.05, 4.69) is 155 Å². The van der Waals surface area contributed by atoms with Crippen molar-refractivity contribution in [1.29, 1.82) is 0 Å². The van der Waals surface area contributed by atoms with Crippen LogP contribution in [0.1, 0.15) is 103 Å². The van der Waals surface area contributed by atoms with Crippen molar-refractivity contribution in [3.8, 4) is 22.3 Å². The van der Waals surface area contributed by atoms with Crippen molar-refractivity contribution >= 4 is 35.1 Å². The second-order valence-electron chi connectivity index (χ2n) is 16.1. The Bertz CT molecular complexity index is 1920. The maximum atomic E-state index is 8.90. The van der Waals surface area contributed by atoms with Gasteiger partial charge in [-0.25, -0.2) is 0 Å². The number of rotatable bonds is 9. The van der Waals surface area contributed by atoms with Crippen LogP contribution in [0.4, 0.5) is 0 Å². The molecule has 2 aliphatic rings. The SMILES string of the molecule is CCC(C)C1=Cc2c(-c3ccc(C)c(C)c3C)cccc2[CH]1[Zr]([Cl])([Cl])([CH]1C(C(C)CC)=Cc2c(-c3ccc(C)c(C)c3C)cccc21)[SiH](C)C. The summed E-state index contributed by atoms with van der Waals surface area (Å²) < 4.78 is 0.164. The van der Waals surface area contributed by atoms with E-state index in [9.17, 15) is 0 Å². The molecule has 0 aromatic heterocycles. The first-order valence-electron chi connectivity index (χ1n) is 19.0. The monoisotopic (exact) mass is 797 g/mol. The van der Waals surface area contributed by atoms with Crippen LogP contribution < -0.4 is 0 Å². The van der Waals surface area contributed by atoms with E-state index in [1.54, 1.807) is 0 Å². The molecule has 0 saturated heterocycles. The van der Waals surface area contributed by atoms with Crippen molar-refractivity contribution in [3.05, 3.63) is 127 Å². The van der Waals surface area contributed by atoms with Gasteiger partial charge in [-0.3, -0.25) is 0 Å². The van der Waals surface area contributed by atoms with Gasteiger partial charge in [0, 0.05) is 0 Å². The summed E-state index contributed by atoms with van der Waals surface area (Å²) in [6.45, 7) is 27.9. The molecule has 0 bridgehead atoms. The zero-order valence-corrected chi connectivity index (χ0v) is 37.6. The van der Waals surface area contributed by atoms with Crippen LogP contribution in [-0.2, 0) is 15.6 Å². The molecule has 0 nitrogen and oxygen atoms in total. The minimum atomic E-state index is -4.96. The Morgan fingerprint density at radius 2 is 0.940 bits per heavy atom. The van der Waals surface area contributed by atoms with Gasteiger partial charge in [0.2, 0.25) is 0 Å². The van der Waals surface area contributed by atoms with Crippen LogP contribution in [0.5, 0.6) is 0 Å². The van der Waals surface area contributed by atoms with E-state index in [1.807, 2.05) is 0 Å². The molecule has 0 heterocycles. The molecule has 4 aromatic rings. The zero-order chi connectivity index (χ0) is 36.5. The van der Waals surface area contributed by atoms with Crippen LogP contribution in [0.15, 0.2) is 71.8 Å². The number of aryl methyl sites for hydroxylation is 2. The van der Waals surface area contributed by atoms with Crippen LogP contribution in [0.2, 0.25) is 13.1 Å². The third kappa shape index (κ3) is 5.70. The molecule has 4 atom stereocenters. The van der Waals surface area contributed by atoms with Gasteiger partial charge in [0.25, 0.3) is 0 Å². The van der Waals surface area contributed by atoms with E-state index >= 15 is 0 Å². The summed E-state index contributed by atoms with van der Waals surface area (Å²) >= 11 is -4.96. The van der Waals surface area contributed by atoms with Crippen LogP contribution in [0, 0.1) is 53.4 Å². The summed E-state index contributed by atoms with van der Waals surface area (Å²) in [5, 5.41) is 0. The molecule has 0 aliphatic heterocycles. The van der Waals surface area contributed by atoms with Gasteiger partial charge in [-0.2, -0.15) is 0 Å². The van der Waals surface area contributed by atoms with Crippen molar-refractivity contribution in [2.75, 3.05) is 0 Å². The maximum absolute atomic E-state index is 8.90. The summed E-state index contributed by atoms with van der Waals surface area (Å²) in [6.07, 6.45) is 7.23. The normalized spacial score (nSPS) is 19.1. The van der Waals surface area contributed by atoms with Crippen LogP contribution in [0.25, 0.3) is 34.4 Å². The molecule has 6 rings (SSSR count). The molecule has 50 heavy (non-hydrogen) atoms. The first-order chi connectivity index (χ1) is 23.6. The molecule has 0 fully saturated rings. The number of fused-ring (bicyclic) bond motifs is 2. The van der Waals surface area contributed by atoms with Crippen LogP contribution >= 0.6 is 17.0 Å². The second-order valence-corrected chi connectivity index (χ2v) is 58.6. The van der Waals surface area contributed by atoms with E-state index in [0.29, 0.717) is 11.8 Å². The van der Waals surface area contributed by atoms with Gasteiger partial charge in [0.1, 0.15) is 0 Å². The van der Waals surface area contributed by atoms with Gasteiger partial charge < -0.3 is 0 Å². The first kappa shape index (κ1) is 37.8. The van der Waals surface area contributed by atoms with Gasteiger partial charge >= 0.3 is 315 Å². The summed E-state index contributed by atoms with van der Waals surface area (Å²) in [4.78, 5) is 0. The molecule has 0 saturated carbocycles. The Balaban J connectivity index is 1.65. The molecule has 2 aliphatic carbocycles. The third-order valence-corrected chi connectivity index (χ3v) is 65.1. The molecule has 0 amide bonds. The molecule has 263 valence electrons. The average molecular weight is 800 g/mol. The van der Waals surface area contributed by atoms with Crippen molar-refractivity contribution < 1.29 is 15.6 Å². The van der Waals surface area contributed by atoms with Crippen molar-refractivity contribution in [3.63, 3.8) is 0 Å². The van der Waals surface area contributed by atoms with Gasteiger partial charge in [0.15, 0.2) is 0 Å². The van der Waals surface area contributed by atoms with Gasteiger partial charge in [-0.15, -0.1) is 0 Å². The fraction of sp³-hybridized carbons (Fsp3) is 0.391. The first-order valence-corrected chi connectivity index (χ1v) is 35.3. The molecule has 0 N–H and O–H groups in total. The zero-order valence-electron chi connectivity index (χ0n) is 32.5. The minimum absolute atomic E-state index is 0.0820. The molecule has 4 aromatic carbocycles. The fourth-order valence-electron chi connectivity index (χ4n) is 9.21. The van der Waals surface area contributed by atoms with Crippen LogP contribution in [0.3, 0.4) is 0 Å². The Labute approximate surface area is 312 Å². The van der Waals surface area contributed by atoms with E-state index in [-0.39, 0.29) is 7.25 Å². The quantitative estimate of drug-likeness (QED) is 0.148. The molecular formula is C46H57Cl2SiZr. The molecule has 4 unspecified atom stereocenters. The van der Waals surface area contributed by atoms with Crippen molar-refractivity contribution in [2.24, 2.45) is 11.8 Å². The van der Waals surface area contributed by atoms with E-state index in [4.69, 9.17) is 17.0 Å². The van der Waals surface area contributed by atoms with Gasteiger partial charge in [-0.1, -0.05) is 0 Å². The van der Waals surface area contributed by atoms with Gasteiger partial charge in [-0.05, 0) is 0 Å². The van der Waals surface area contributed by atoms with Crippen molar-refractivity contribution in [2.45, 2.75) is 102 Å². The third-order valence-electron chi connectivity index (χ3n) is 13.5. The Kier molecular flexibility index (Phi) is 10.4. The van der Waals surface area contributed by atoms with Crippen molar-refractivity contribution in [1.82, 2.24) is 0 Å². The summed E-state index contributed by atoms with van der Waals surface area (Å²) in [6, 6.07) is 23.2. The fourth-order valence-corrected chi connectivity index (χ4v) is 40.5. The number of halogens is 2. The Hall–Kier alpha value is -1.96. The average Bonchev–Trinajstić information content (AvgIpc) is 3.70. The van der Waals surface area contributed by atoms with E-state index < -0.39 is 21.5 Å². The van der Waals surface area contributed by atoms with Gasteiger partial charge in [0.05, 0.1) is 0 Å². The number of allylic oxidation sites excluding steroid dienone is 2. The number of hydrogen-bond donors (Lipinski definition) is 0.